The van der Waals surface area contributed by atoms with Crippen molar-refractivity contribution in [2.24, 2.45) is 11.8 Å². The number of methoxy groups -OCH3 is 1. The maximum absolute atomic E-state index is 13.2. The van der Waals surface area contributed by atoms with Gasteiger partial charge in [-0.2, -0.15) is 5.26 Å². The van der Waals surface area contributed by atoms with Gasteiger partial charge in [-0.15, -0.1) is 0 Å². The van der Waals surface area contributed by atoms with Gasteiger partial charge in [0.15, 0.2) is 5.78 Å². The first-order chi connectivity index (χ1) is 17.3. The molecule has 2 heterocycles. The quantitative estimate of drug-likeness (QED) is 0.293. The van der Waals surface area contributed by atoms with Gasteiger partial charge in [-0.1, -0.05) is 32.0 Å². The van der Waals surface area contributed by atoms with Gasteiger partial charge in [0.1, 0.15) is 11.8 Å². The first-order valence-corrected chi connectivity index (χ1v) is 11.9. The Morgan fingerprint density at radius 3 is 2.58 bits per heavy atom. The van der Waals surface area contributed by atoms with Crippen molar-refractivity contribution < 1.29 is 14.3 Å². The summed E-state index contributed by atoms with van der Waals surface area (Å²) in [5.41, 5.74) is 2.13. The van der Waals surface area contributed by atoms with Gasteiger partial charge in [0.2, 0.25) is 5.91 Å². The fourth-order valence-corrected chi connectivity index (χ4v) is 4.52. The molecule has 2 aromatic carbocycles. The number of amides is 1. The Morgan fingerprint density at radius 2 is 1.86 bits per heavy atom. The number of carbonyl (C=O) groups excluding carboxylic acids is 2. The SMILES string of the molecule is COc1cccc2[nH]c(C(=O)C[C@@H](CC(C)C)C(=O)NC(C#N)Cn3c(=O)[nH]c4ccccc43)cc12. The second kappa shape index (κ2) is 10.5. The molecule has 1 unspecified atom stereocenters. The van der Waals surface area contributed by atoms with E-state index in [2.05, 4.69) is 21.4 Å². The molecule has 0 radical (unpaired) electrons. The molecule has 4 aromatic rings. The Bertz CT molecular complexity index is 1500. The lowest BCUT2D eigenvalue weighted by molar-refractivity contribution is -0.125. The predicted octanol–water partition coefficient (Wildman–Crippen LogP) is 3.76. The van der Waals surface area contributed by atoms with Crippen LogP contribution in [0.5, 0.6) is 5.75 Å². The molecule has 0 saturated heterocycles. The van der Waals surface area contributed by atoms with E-state index in [1.807, 2.05) is 38.1 Å². The van der Waals surface area contributed by atoms with Crippen LogP contribution in [-0.2, 0) is 11.3 Å². The first-order valence-electron chi connectivity index (χ1n) is 11.9. The summed E-state index contributed by atoms with van der Waals surface area (Å²) in [5, 5.41) is 13.3. The number of hydrogen-bond donors (Lipinski definition) is 3. The van der Waals surface area contributed by atoms with Gasteiger partial charge in [0.25, 0.3) is 0 Å². The number of imidazole rings is 1. The Hall–Kier alpha value is -4.32. The number of nitrogens with one attached hydrogen (secondary N) is 3. The van der Waals surface area contributed by atoms with Gasteiger partial charge in [-0.25, -0.2) is 4.79 Å². The molecule has 0 spiro atoms. The first kappa shape index (κ1) is 24.8. The Kier molecular flexibility index (Phi) is 7.25. The Balaban J connectivity index is 1.51. The number of Topliss-reactive ketones (excluding diaryl/α,β-unsaturated/α-hetero) is 1. The van der Waals surface area contributed by atoms with E-state index in [-0.39, 0.29) is 36.3 Å². The van der Waals surface area contributed by atoms with Crippen LogP contribution in [0.3, 0.4) is 0 Å². The van der Waals surface area contributed by atoms with E-state index in [1.54, 1.807) is 31.4 Å². The number of benzene rings is 2. The smallest absolute Gasteiger partial charge is 0.326 e. The number of rotatable bonds is 10. The summed E-state index contributed by atoms with van der Waals surface area (Å²) in [4.78, 5) is 44.6. The van der Waals surface area contributed by atoms with Crippen molar-refractivity contribution in [1.29, 1.82) is 5.26 Å². The predicted molar refractivity (Wildman–Crippen MR) is 137 cm³/mol. The van der Waals surface area contributed by atoms with Crippen LogP contribution in [0.4, 0.5) is 0 Å². The van der Waals surface area contributed by atoms with Gasteiger partial charge in [0, 0.05) is 23.2 Å². The molecule has 0 saturated carbocycles. The van der Waals surface area contributed by atoms with E-state index < -0.39 is 12.0 Å². The number of ether oxygens (including phenoxy) is 1. The number of nitriles is 1. The van der Waals surface area contributed by atoms with Crippen molar-refractivity contribution in [3.63, 3.8) is 0 Å². The van der Waals surface area contributed by atoms with E-state index in [9.17, 15) is 19.6 Å². The zero-order chi connectivity index (χ0) is 25.8. The summed E-state index contributed by atoms with van der Waals surface area (Å²) in [7, 11) is 1.57. The minimum atomic E-state index is -0.934. The van der Waals surface area contributed by atoms with Crippen molar-refractivity contribution in [2.75, 3.05) is 7.11 Å². The van der Waals surface area contributed by atoms with Crippen LogP contribution in [0.1, 0.15) is 37.2 Å². The second-order valence-corrected chi connectivity index (χ2v) is 9.31. The van der Waals surface area contributed by atoms with Crippen LogP contribution in [0.25, 0.3) is 21.9 Å². The number of carbonyl (C=O) groups is 2. The average molecular weight is 488 g/mol. The minimum Gasteiger partial charge on any atom is -0.496 e. The van der Waals surface area contributed by atoms with E-state index in [4.69, 9.17) is 4.74 Å². The summed E-state index contributed by atoms with van der Waals surface area (Å²) in [6, 6.07) is 15.6. The van der Waals surface area contributed by atoms with Gasteiger partial charge in [-0.05, 0) is 42.7 Å². The molecule has 36 heavy (non-hydrogen) atoms. The highest BCUT2D eigenvalue weighted by atomic mass is 16.5. The highest BCUT2D eigenvalue weighted by Crippen LogP contribution is 2.27. The molecule has 9 nitrogen and oxygen atoms in total. The van der Waals surface area contributed by atoms with Crippen molar-refractivity contribution in [2.45, 2.75) is 39.3 Å². The normalized spacial score (nSPS) is 13.0. The fraction of sp³-hybridized carbons (Fsp3) is 0.333. The topological polar surface area (TPSA) is 133 Å². The van der Waals surface area contributed by atoms with E-state index in [0.717, 1.165) is 10.9 Å². The number of hydrogen-bond acceptors (Lipinski definition) is 5. The van der Waals surface area contributed by atoms with Crippen LogP contribution in [0.2, 0.25) is 0 Å². The third-order valence-corrected chi connectivity index (χ3v) is 6.22. The van der Waals surface area contributed by atoms with Crippen molar-refractivity contribution in [3.8, 4) is 11.8 Å². The summed E-state index contributed by atoms with van der Waals surface area (Å²) in [6.07, 6.45) is 0.469. The summed E-state index contributed by atoms with van der Waals surface area (Å²) < 4.78 is 6.81. The van der Waals surface area contributed by atoms with Crippen LogP contribution < -0.4 is 15.7 Å². The maximum Gasteiger partial charge on any atom is 0.326 e. The fourth-order valence-electron chi connectivity index (χ4n) is 4.52. The molecule has 0 aliphatic carbocycles. The van der Waals surface area contributed by atoms with Crippen LogP contribution in [-0.4, -0.2) is 39.4 Å². The lowest BCUT2D eigenvalue weighted by Crippen LogP contribution is -2.42. The molecule has 9 heteroatoms. The van der Waals surface area contributed by atoms with Crippen molar-refractivity contribution >= 4 is 33.6 Å². The molecular formula is C27H29N5O4. The number of aromatic amines is 2. The molecule has 2 atom stereocenters. The van der Waals surface area contributed by atoms with Crippen molar-refractivity contribution in [3.05, 3.63) is 64.7 Å². The Morgan fingerprint density at radius 1 is 1.11 bits per heavy atom. The van der Waals surface area contributed by atoms with Gasteiger partial charge < -0.3 is 20.0 Å². The third kappa shape index (κ3) is 5.18. The zero-order valence-electron chi connectivity index (χ0n) is 20.5. The maximum atomic E-state index is 13.2. The number of ketones is 1. The lowest BCUT2D eigenvalue weighted by Gasteiger charge is -2.20. The van der Waals surface area contributed by atoms with Crippen molar-refractivity contribution in [1.82, 2.24) is 19.9 Å². The summed E-state index contributed by atoms with van der Waals surface area (Å²) in [5.74, 6) is -0.390. The molecule has 3 N–H and O–H groups in total. The molecule has 2 aromatic heterocycles. The molecular weight excluding hydrogens is 458 g/mol. The van der Waals surface area contributed by atoms with E-state index >= 15 is 0 Å². The van der Waals surface area contributed by atoms with Crippen LogP contribution >= 0.6 is 0 Å². The number of H-pyrrole nitrogens is 2. The minimum absolute atomic E-state index is 0.00472. The molecule has 1 amide bonds. The van der Waals surface area contributed by atoms with Crippen LogP contribution in [0.15, 0.2) is 53.3 Å². The second-order valence-electron chi connectivity index (χ2n) is 9.31. The molecule has 0 bridgehead atoms. The summed E-state index contributed by atoms with van der Waals surface area (Å²) in [6.45, 7) is 3.95. The van der Waals surface area contributed by atoms with E-state index in [0.29, 0.717) is 28.9 Å². The van der Waals surface area contributed by atoms with Gasteiger partial charge in [-0.3, -0.25) is 14.2 Å². The van der Waals surface area contributed by atoms with Gasteiger partial charge >= 0.3 is 5.69 Å². The molecule has 0 aliphatic rings. The number of aromatic nitrogens is 3. The number of para-hydroxylation sites is 2. The largest absolute Gasteiger partial charge is 0.496 e. The molecule has 4 rings (SSSR count). The Labute approximate surface area is 208 Å². The summed E-state index contributed by atoms with van der Waals surface area (Å²) >= 11 is 0. The molecule has 0 aliphatic heterocycles. The molecule has 0 fully saturated rings. The monoisotopic (exact) mass is 487 g/mol. The lowest BCUT2D eigenvalue weighted by atomic mass is 9.90. The highest BCUT2D eigenvalue weighted by molar-refractivity contribution is 6.02. The zero-order valence-corrected chi connectivity index (χ0v) is 20.5. The number of fused-ring (bicyclic) bond motifs is 2. The van der Waals surface area contributed by atoms with Crippen LogP contribution in [0, 0.1) is 23.2 Å². The highest BCUT2D eigenvalue weighted by Gasteiger charge is 2.27. The average Bonchev–Trinajstić information content (AvgIpc) is 3.43. The standard InChI is InChI=1S/C27H29N5O4/c1-16(2)11-17(12-24(33)22-13-19-20(30-22)8-6-10-25(19)36-3)26(34)29-18(14-28)15-32-23-9-5-4-7-21(23)31-27(32)35/h4-10,13,16-18,30H,11-12,15H2,1-3H3,(H,29,34)(H,31,35)/t17-,18?/m1/s1. The molecule has 186 valence electrons. The van der Waals surface area contributed by atoms with E-state index in [1.165, 1.54) is 4.57 Å². The van der Waals surface area contributed by atoms with Gasteiger partial charge in [0.05, 0.1) is 36.5 Å². The third-order valence-electron chi connectivity index (χ3n) is 6.22. The number of nitrogens with zero attached hydrogens (tertiary/aromatic N) is 2.